The van der Waals surface area contributed by atoms with Gasteiger partial charge >= 0.3 is 0 Å². The fourth-order valence-electron chi connectivity index (χ4n) is 1.59. The zero-order chi connectivity index (χ0) is 14.2. The summed E-state index contributed by atoms with van der Waals surface area (Å²) < 4.78 is 7.63. The van der Waals surface area contributed by atoms with Crippen LogP contribution in [0.1, 0.15) is 5.56 Å². The molecule has 1 aromatic rings. The van der Waals surface area contributed by atoms with Crippen LogP contribution < -0.4 is 4.74 Å². The molecule has 0 atom stereocenters. The third-order valence-electron chi connectivity index (χ3n) is 2.51. The standard InChI is InChI=1S/C12H9Br2NO2S2/c1-15-11(16)9(19-12(15)18)4-6-3-7(13)5-8(14)10(6)17-2/h3-5H,1-2H3. The zero-order valence-electron chi connectivity index (χ0n) is 10.1. The maximum atomic E-state index is 12.0. The molecule has 0 saturated carbocycles. The predicted molar refractivity (Wildman–Crippen MR) is 89.3 cm³/mol. The number of carbonyl (C=O) groups excluding carboxylic acids is 1. The Morgan fingerprint density at radius 3 is 2.63 bits per heavy atom. The van der Waals surface area contributed by atoms with Gasteiger partial charge in [-0.05, 0) is 34.1 Å². The van der Waals surface area contributed by atoms with Gasteiger partial charge in [-0.3, -0.25) is 9.69 Å². The first-order valence-electron chi connectivity index (χ1n) is 5.18. The molecule has 0 radical (unpaired) electrons. The second-order valence-corrected chi connectivity index (χ2v) is 7.20. The number of hydrogen-bond donors (Lipinski definition) is 0. The van der Waals surface area contributed by atoms with Crippen LogP contribution in [-0.4, -0.2) is 29.3 Å². The van der Waals surface area contributed by atoms with Gasteiger partial charge < -0.3 is 4.74 Å². The molecule has 100 valence electrons. The van der Waals surface area contributed by atoms with Crippen molar-refractivity contribution in [2.24, 2.45) is 0 Å². The summed E-state index contributed by atoms with van der Waals surface area (Å²) in [5, 5.41) is 0. The topological polar surface area (TPSA) is 29.5 Å². The van der Waals surface area contributed by atoms with Crippen LogP contribution in [-0.2, 0) is 4.79 Å². The van der Waals surface area contributed by atoms with Crippen LogP contribution in [0.2, 0.25) is 0 Å². The van der Waals surface area contributed by atoms with Gasteiger partial charge in [0.25, 0.3) is 5.91 Å². The van der Waals surface area contributed by atoms with Crippen LogP contribution in [0.25, 0.3) is 6.08 Å². The number of nitrogens with zero attached hydrogens (tertiary/aromatic N) is 1. The quantitative estimate of drug-likeness (QED) is 0.531. The molecule has 7 heteroatoms. The molecule has 3 nitrogen and oxygen atoms in total. The first kappa shape index (κ1) is 15.0. The number of methoxy groups -OCH3 is 1. The Morgan fingerprint density at radius 1 is 1.42 bits per heavy atom. The average Bonchev–Trinajstić information content (AvgIpc) is 2.57. The molecule has 0 aromatic heterocycles. The lowest BCUT2D eigenvalue weighted by atomic mass is 10.2. The third-order valence-corrected chi connectivity index (χ3v) is 5.05. The summed E-state index contributed by atoms with van der Waals surface area (Å²) in [5.74, 6) is 0.595. The molecule has 0 N–H and O–H groups in total. The van der Waals surface area contributed by atoms with Crippen molar-refractivity contribution in [3.63, 3.8) is 0 Å². The highest BCUT2D eigenvalue weighted by Crippen LogP contribution is 2.37. The fourth-order valence-corrected chi connectivity index (χ4v) is 4.18. The van der Waals surface area contributed by atoms with Crippen molar-refractivity contribution in [1.29, 1.82) is 0 Å². The van der Waals surface area contributed by atoms with Gasteiger partial charge in [0.05, 0.1) is 16.5 Å². The number of thioether (sulfide) groups is 1. The minimum Gasteiger partial charge on any atom is -0.495 e. The van der Waals surface area contributed by atoms with E-state index in [9.17, 15) is 4.79 Å². The summed E-state index contributed by atoms with van der Waals surface area (Å²) in [6.45, 7) is 0. The van der Waals surface area contributed by atoms with E-state index in [-0.39, 0.29) is 5.91 Å². The molecule has 0 bridgehead atoms. The molecule has 1 aromatic carbocycles. The van der Waals surface area contributed by atoms with E-state index in [1.165, 1.54) is 16.7 Å². The van der Waals surface area contributed by atoms with Crippen molar-refractivity contribution in [3.05, 3.63) is 31.5 Å². The molecule has 0 spiro atoms. The molecular formula is C12H9Br2NO2S2. The van der Waals surface area contributed by atoms with E-state index < -0.39 is 0 Å². The van der Waals surface area contributed by atoms with Crippen LogP contribution in [0.3, 0.4) is 0 Å². The Balaban J connectivity index is 2.49. The molecule has 1 fully saturated rings. The van der Waals surface area contributed by atoms with Gasteiger partial charge in [0.2, 0.25) is 0 Å². The Bertz CT molecular complexity index is 602. The molecule has 0 unspecified atom stereocenters. The van der Waals surface area contributed by atoms with Gasteiger partial charge in [0.15, 0.2) is 0 Å². The molecule has 19 heavy (non-hydrogen) atoms. The molecule has 1 heterocycles. The maximum absolute atomic E-state index is 12.0. The zero-order valence-corrected chi connectivity index (χ0v) is 14.9. The smallest absolute Gasteiger partial charge is 0.265 e. The number of rotatable bonds is 2. The van der Waals surface area contributed by atoms with Crippen LogP contribution in [0.4, 0.5) is 0 Å². The van der Waals surface area contributed by atoms with E-state index in [4.69, 9.17) is 17.0 Å². The van der Waals surface area contributed by atoms with Crippen molar-refractivity contribution in [2.45, 2.75) is 0 Å². The maximum Gasteiger partial charge on any atom is 0.265 e. The van der Waals surface area contributed by atoms with Gasteiger partial charge in [-0.15, -0.1) is 0 Å². The SMILES string of the molecule is COc1c(Br)cc(Br)cc1C=C1SC(=S)N(C)C1=O. The van der Waals surface area contributed by atoms with Crippen LogP contribution in [0.5, 0.6) is 5.75 Å². The van der Waals surface area contributed by atoms with Gasteiger partial charge in [0.1, 0.15) is 10.1 Å². The highest BCUT2D eigenvalue weighted by atomic mass is 79.9. The number of benzene rings is 1. The number of halogens is 2. The van der Waals surface area contributed by atoms with E-state index in [0.29, 0.717) is 15.0 Å². The number of ether oxygens (including phenoxy) is 1. The molecule has 1 aliphatic rings. The van der Waals surface area contributed by atoms with Crippen LogP contribution in [0, 0.1) is 0 Å². The molecule has 2 rings (SSSR count). The first-order chi connectivity index (χ1) is 8.93. The van der Waals surface area contributed by atoms with Gasteiger partial charge in [-0.1, -0.05) is 39.9 Å². The fraction of sp³-hybridized carbons (Fsp3) is 0.167. The summed E-state index contributed by atoms with van der Waals surface area (Å²) in [4.78, 5) is 14.0. The number of hydrogen-bond acceptors (Lipinski definition) is 4. The van der Waals surface area contributed by atoms with Crippen molar-refractivity contribution in [3.8, 4) is 5.75 Å². The van der Waals surface area contributed by atoms with Gasteiger partial charge in [-0.2, -0.15) is 0 Å². The minimum absolute atomic E-state index is 0.0897. The van der Waals surface area contributed by atoms with Gasteiger partial charge in [-0.25, -0.2) is 0 Å². The number of likely N-dealkylation sites (N-methyl/N-ethyl adjacent to an activating group) is 1. The highest BCUT2D eigenvalue weighted by molar-refractivity contribution is 9.11. The predicted octanol–water partition coefficient (Wildman–Crippen LogP) is 4.05. The lowest BCUT2D eigenvalue weighted by molar-refractivity contribution is -0.121. The van der Waals surface area contributed by atoms with Crippen LogP contribution >= 0.6 is 55.8 Å². The largest absolute Gasteiger partial charge is 0.495 e. The van der Waals surface area contributed by atoms with E-state index >= 15 is 0 Å². The van der Waals surface area contributed by atoms with E-state index in [2.05, 4.69) is 31.9 Å². The molecule has 1 saturated heterocycles. The number of amides is 1. The molecular weight excluding hydrogens is 414 g/mol. The lowest BCUT2D eigenvalue weighted by Gasteiger charge is -2.09. The second-order valence-electron chi connectivity index (χ2n) is 3.75. The average molecular weight is 423 g/mol. The highest BCUT2D eigenvalue weighted by Gasteiger charge is 2.29. The number of carbonyl (C=O) groups is 1. The normalized spacial score (nSPS) is 17.5. The Kier molecular flexibility index (Phi) is 4.70. The molecule has 1 aliphatic heterocycles. The van der Waals surface area contributed by atoms with Crippen LogP contribution in [0.15, 0.2) is 26.0 Å². The van der Waals surface area contributed by atoms with Gasteiger partial charge in [0, 0.05) is 17.1 Å². The summed E-state index contributed by atoms with van der Waals surface area (Å²) in [6.07, 6.45) is 1.79. The summed E-state index contributed by atoms with van der Waals surface area (Å²) >= 11 is 13.2. The van der Waals surface area contributed by atoms with E-state index in [1.807, 2.05) is 12.1 Å². The van der Waals surface area contributed by atoms with Crippen molar-refractivity contribution >= 4 is 72.1 Å². The Hall–Kier alpha value is -0.370. The summed E-state index contributed by atoms with van der Waals surface area (Å²) in [7, 11) is 3.27. The van der Waals surface area contributed by atoms with E-state index in [0.717, 1.165) is 14.5 Å². The Morgan fingerprint density at radius 2 is 2.11 bits per heavy atom. The van der Waals surface area contributed by atoms with Crippen molar-refractivity contribution in [2.75, 3.05) is 14.2 Å². The second kappa shape index (κ2) is 5.95. The van der Waals surface area contributed by atoms with Crippen molar-refractivity contribution < 1.29 is 9.53 Å². The first-order valence-corrected chi connectivity index (χ1v) is 7.99. The molecule has 1 amide bonds. The van der Waals surface area contributed by atoms with E-state index in [1.54, 1.807) is 20.2 Å². The summed E-state index contributed by atoms with van der Waals surface area (Å²) in [5.41, 5.74) is 0.817. The third kappa shape index (κ3) is 3.04. The summed E-state index contributed by atoms with van der Waals surface area (Å²) in [6, 6.07) is 3.78. The minimum atomic E-state index is -0.0897. The Labute approximate surface area is 137 Å². The lowest BCUT2D eigenvalue weighted by Crippen LogP contribution is -2.22. The monoisotopic (exact) mass is 421 g/mol. The number of thiocarbonyl (C=S) groups is 1. The molecule has 0 aliphatic carbocycles. The van der Waals surface area contributed by atoms with Crippen molar-refractivity contribution in [1.82, 2.24) is 4.90 Å².